The summed E-state index contributed by atoms with van der Waals surface area (Å²) in [5, 5.41) is 0. The summed E-state index contributed by atoms with van der Waals surface area (Å²) in [7, 11) is 0. The van der Waals surface area contributed by atoms with Crippen molar-refractivity contribution in [2.24, 2.45) is 11.3 Å². The number of rotatable bonds is 6. The van der Waals surface area contributed by atoms with E-state index in [1.165, 1.54) is 0 Å². The molecule has 1 fully saturated rings. The van der Waals surface area contributed by atoms with Crippen molar-refractivity contribution in [1.82, 2.24) is 0 Å². The van der Waals surface area contributed by atoms with Crippen LogP contribution in [0.25, 0.3) is 0 Å². The zero-order valence-corrected chi connectivity index (χ0v) is 11.7. The van der Waals surface area contributed by atoms with Crippen LogP contribution < -0.4 is 0 Å². The predicted octanol–water partition coefficient (Wildman–Crippen LogP) is 2.70. The lowest BCUT2D eigenvalue weighted by molar-refractivity contribution is -0.159. The van der Waals surface area contributed by atoms with Crippen LogP contribution in [0, 0.1) is 11.3 Å². The van der Waals surface area contributed by atoms with Crippen LogP contribution in [0.1, 0.15) is 52.9 Å². The normalized spacial score (nSPS) is 19.3. The first-order valence-electron chi connectivity index (χ1n) is 6.85. The van der Waals surface area contributed by atoms with Gasteiger partial charge >= 0.3 is 11.9 Å². The average molecular weight is 256 g/mol. The molecule has 1 aliphatic rings. The molecule has 0 N–H and O–H groups in total. The summed E-state index contributed by atoms with van der Waals surface area (Å²) in [5.41, 5.74) is -0.112. The molecular formula is C14H24O4. The standard InChI is InChI=1S/C14H24O4/c1-4-17-12(15)10-11(13(16)18-5-2)14(3)8-6-7-9-14/h11H,4-10H2,1-3H3. The zero-order chi connectivity index (χ0) is 13.6. The van der Waals surface area contributed by atoms with Crippen molar-refractivity contribution >= 4 is 11.9 Å². The van der Waals surface area contributed by atoms with Gasteiger partial charge in [-0.25, -0.2) is 0 Å². The maximum absolute atomic E-state index is 12.0. The van der Waals surface area contributed by atoms with E-state index in [0.29, 0.717) is 13.2 Å². The third-order valence-electron chi connectivity index (χ3n) is 3.83. The van der Waals surface area contributed by atoms with E-state index in [1.54, 1.807) is 13.8 Å². The molecule has 0 aromatic carbocycles. The molecule has 1 unspecified atom stereocenters. The first kappa shape index (κ1) is 15.0. The first-order valence-corrected chi connectivity index (χ1v) is 6.85. The lowest BCUT2D eigenvalue weighted by Crippen LogP contribution is -2.35. The molecule has 0 bridgehead atoms. The van der Waals surface area contributed by atoms with Gasteiger partial charge in [-0.15, -0.1) is 0 Å². The number of carbonyl (C=O) groups excluding carboxylic acids is 2. The van der Waals surface area contributed by atoms with E-state index >= 15 is 0 Å². The van der Waals surface area contributed by atoms with E-state index in [-0.39, 0.29) is 29.7 Å². The lowest BCUT2D eigenvalue weighted by Gasteiger charge is -2.31. The number of hydrogen-bond donors (Lipinski definition) is 0. The highest BCUT2D eigenvalue weighted by molar-refractivity contribution is 5.80. The van der Waals surface area contributed by atoms with E-state index in [0.717, 1.165) is 25.7 Å². The lowest BCUT2D eigenvalue weighted by atomic mass is 9.74. The Morgan fingerprint density at radius 1 is 1.11 bits per heavy atom. The second kappa shape index (κ2) is 6.76. The van der Waals surface area contributed by atoms with Gasteiger partial charge in [0.15, 0.2) is 0 Å². The number of carbonyl (C=O) groups is 2. The van der Waals surface area contributed by atoms with E-state index in [1.807, 2.05) is 0 Å². The van der Waals surface area contributed by atoms with Gasteiger partial charge in [0.05, 0.1) is 25.6 Å². The van der Waals surface area contributed by atoms with Gasteiger partial charge in [-0.2, -0.15) is 0 Å². The van der Waals surface area contributed by atoms with Gasteiger partial charge in [0, 0.05) is 0 Å². The van der Waals surface area contributed by atoms with Crippen LogP contribution in [0.5, 0.6) is 0 Å². The molecule has 0 aromatic heterocycles. The summed E-state index contributed by atoms with van der Waals surface area (Å²) >= 11 is 0. The van der Waals surface area contributed by atoms with Crippen LogP contribution in [0.15, 0.2) is 0 Å². The minimum absolute atomic E-state index is 0.112. The molecule has 0 aromatic rings. The van der Waals surface area contributed by atoms with Crippen LogP contribution >= 0.6 is 0 Å². The Kier molecular flexibility index (Phi) is 5.63. The van der Waals surface area contributed by atoms with E-state index in [2.05, 4.69) is 6.92 Å². The van der Waals surface area contributed by atoms with Crippen molar-refractivity contribution < 1.29 is 19.1 Å². The van der Waals surface area contributed by atoms with E-state index in [4.69, 9.17) is 9.47 Å². The Labute approximate surface area is 109 Å². The molecule has 0 spiro atoms. The molecule has 0 aliphatic heterocycles. The van der Waals surface area contributed by atoms with Crippen LogP contribution in [0.4, 0.5) is 0 Å². The van der Waals surface area contributed by atoms with Crippen LogP contribution in [0.2, 0.25) is 0 Å². The van der Waals surface area contributed by atoms with Gasteiger partial charge in [-0.1, -0.05) is 19.8 Å². The van der Waals surface area contributed by atoms with Gasteiger partial charge < -0.3 is 9.47 Å². The Bertz CT molecular complexity index is 292. The predicted molar refractivity (Wildman–Crippen MR) is 67.9 cm³/mol. The summed E-state index contributed by atoms with van der Waals surface area (Å²) in [6, 6.07) is 0. The Balaban J connectivity index is 2.74. The minimum Gasteiger partial charge on any atom is -0.466 e. The van der Waals surface area contributed by atoms with E-state index in [9.17, 15) is 9.59 Å². The third-order valence-corrected chi connectivity index (χ3v) is 3.83. The Morgan fingerprint density at radius 3 is 2.17 bits per heavy atom. The number of esters is 2. The molecule has 18 heavy (non-hydrogen) atoms. The summed E-state index contributed by atoms with van der Waals surface area (Å²) in [6.07, 6.45) is 4.35. The van der Waals surface area contributed by atoms with Crippen molar-refractivity contribution in [2.45, 2.75) is 52.9 Å². The van der Waals surface area contributed by atoms with Gasteiger partial charge in [0.1, 0.15) is 0 Å². The summed E-state index contributed by atoms with van der Waals surface area (Å²) in [4.78, 5) is 23.7. The highest BCUT2D eigenvalue weighted by Gasteiger charge is 2.43. The van der Waals surface area contributed by atoms with Crippen molar-refractivity contribution in [3.05, 3.63) is 0 Å². The Morgan fingerprint density at radius 2 is 1.67 bits per heavy atom. The molecule has 0 radical (unpaired) electrons. The molecule has 1 atom stereocenters. The molecule has 1 saturated carbocycles. The van der Waals surface area contributed by atoms with Crippen molar-refractivity contribution in [3.8, 4) is 0 Å². The second-order valence-electron chi connectivity index (χ2n) is 5.17. The highest BCUT2D eigenvalue weighted by Crippen LogP contribution is 2.45. The van der Waals surface area contributed by atoms with Crippen LogP contribution in [-0.2, 0) is 19.1 Å². The molecule has 4 heteroatoms. The molecule has 1 aliphatic carbocycles. The quantitative estimate of drug-likeness (QED) is 0.686. The van der Waals surface area contributed by atoms with Gasteiger partial charge in [-0.3, -0.25) is 9.59 Å². The molecule has 1 rings (SSSR count). The fourth-order valence-electron chi connectivity index (χ4n) is 2.77. The zero-order valence-electron chi connectivity index (χ0n) is 11.7. The summed E-state index contributed by atoms with van der Waals surface area (Å²) in [6.45, 7) is 6.35. The Hall–Kier alpha value is -1.06. The molecule has 0 heterocycles. The van der Waals surface area contributed by atoms with Crippen molar-refractivity contribution in [3.63, 3.8) is 0 Å². The fraction of sp³-hybridized carbons (Fsp3) is 0.857. The molecule has 0 saturated heterocycles. The van der Waals surface area contributed by atoms with Crippen LogP contribution in [-0.4, -0.2) is 25.2 Å². The first-order chi connectivity index (χ1) is 8.53. The molecular weight excluding hydrogens is 232 g/mol. The van der Waals surface area contributed by atoms with Crippen LogP contribution in [0.3, 0.4) is 0 Å². The van der Waals surface area contributed by atoms with Gasteiger partial charge in [-0.05, 0) is 32.1 Å². The van der Waals surface area contributed by atoms with Gasteiger partial charge in [0.2, 0.25) is 0 Å². The largest absolute Gasteiger partial charge is 0.466 e. The number of hydrogen-bond acceptors (Lipinski definition) is 4. The second-order valence-corrected chi connectivity index (χ2v) is 5.17. The average Bonchev–Trinajstić information content (AvgIpc) is 2.74. The maximum atomic E-state index is 12.0. The van der Waals surface area contributed by atoms with Crippen molar-refractivity contribution in [2.75, 3.05) is 13.2 Å². The topological polar surface area (TPSA) is 52.6 Å². The molecule has 4 nitrogen and oxygen atoms in total. The third kappa shape index (κ3) is 3.72. The molecule has 0 amide bonds. The summed E-state index contributed by atoms with van der Waals surface area (Å²) < 4.78 is 10.1. The van der Waals surface area contributed by atoms with E-state index < -0.39 is 0 Å². The minimum atomic E-state index is -0.362. The monoisotopic (exact) mass is 256 g/mol. The smallest absolute Gasteiger partial charge is 0.310 e. The SMILES string of the molecule is CCOC(=O)CC(C(=O)OCC)C1(C)CCCC1. The van der Waals surface area contributed by atoms with Crippen molar-refractivity contribution in [1.29, 1.82) is 0 Å². The summed E-state index contributed by atoms with van der Waals surface area (Å²) in [5.74, 6) is -0.919. The number of ether oxygens (including phenoxy) is 2. The molecule has 104 valence electrons. The maximum Gasteiger partial charge on any atom is 0.310 e. The highest BCUT2D eigenvalue weighted by atomic mass is 16.5. The fourth-order valence-corrected chi connectivity index (χ4v) is 2.77. The van der Waals surface area contributed by atoms with Gasteiger partial charge in [0.25, 0.3) is 0 Å².